The Bertz CT molecular complexity index is 704. The van der Waals surface area contributed by atoms with E-state index in [2.05, 4.69) is 4.98 Å². The third-order valence-corrected chi connectivity index (χ3v) is 4.45. The van der Waals surface area contributed by atoms with Crippen molar-refractivity contribution in [2.45, 2.75) is 38.9 Å². The van der Waals surface area contributed by atoms with Gasteiger partial charge >= 0.3 is 7.12 Å². The first-order chi connectivity index (χ1) is 10.3. The number of hydrogen-bond donors (Lipinski definition) is 1. The molecule has 0 spiro atoms. The molecule has 1 N–H and O–H groups in total. The van der Waals surface area contributed by atoms with Gasteiger partial charge in [-0.05, 0) is 50.9 Å². The van der Waals surface area contributed by atoms with E-state index >= 15 is 0 Å². The minimum Gasteiger partial charge on any atom is -0.443 e. The maximum absolute atomic E-state index is 9.70. The normalized spacial score (nSPS) is 20.8. The van der Waals surface area contributed by atoms with Crippen molar-refractivity contribution in [1.29, 1.82) is 0 Å². The second-order valence-corrected chi connectivity index (χ2v) is 6.55. The molecular weight excluding hydrogens is 281 g/mol. The zero-order valence-electron chi connectivity index (χ0n) is 13.3. The Morgan fingerprint density at radius 2 is 1.91 bits per heavy atom. The molecule has 0 saturated carbocycles. The molecule has 116 valence electrons. The summed E-state index contributed by atoms with van der Waals surface area (Å²) in [6.07, 6.45) is 3.29. The molecule has 1 aromatic heterocycles. The van der Waals surface area contributed by atoms with Crippen LogP contribution in [0, 0.1) is 0 Å². The largest absolute Gasteiger partial charge is 0.492 e. The van der Waals surface area contributed by atoms with E-state index in [1.807, 2.05) is 52.0 Å². The predicted octanol–water partition coefficient (Wildman–Crippen LogP) is 2.83. The Balaban J connectivity index is 1.90. The van der Waals surface area contributed by atoms with Gasteiger partial charge < -0.3 is 18.8 Å². The van der Waals surface area contributed by atoms with Crippen LogP contribution in [0.3, 0.4) is 0 Å². The van der Waals surface area contributed by atoms with E-state index in [0.29, 0.717) is 5.47 Å². The highest BCUT2D eigenvalue weighted by atomic mass is 16.7. The van der Waals surface area contributed by atoms with Gasteiger partial charge in [0.05, 0.1) is 17.8 Å². The van der Waals surface area contributed by atoms with Crippen LogP contribution in [0.4, 0.5) is 0 Å². The lowest BCUT2D eigenvalue weighted by Crippen LogP contribution is -2.41. The Morgan fingerprint density at radius 3 is 2.55 bits per heavy atom. The third-order valence-electron chi connectivity index (χ3n) is 4.45. The number of aromatic nitrogens is 1. The minimum absolute atomic E-state index is 0.131. The van der Waals surface area contributed by atoms with E-state index < -0.39 is 18.3 Å². The van der Waals surface area contributed by atoms with Crippen molar-refractivity contribution in [1.82, 2.24) is 4.98 Å². The van der Waals surface area contributed by atoms with Gasteiger partial charge in [-0.1, -0.05) is 12.1 Å². The molecule has 1 aliphatic heterocycles. The lowest BCUT2D eigenvalue weighted by Gasteiger charge is -2.32. The molecule has 0 aliphatic carbocycles. The molecule has 0 amide bonds. The van der Waals surface area contributed by atoms with E-state index in [0.717, 1.165) is 16.7 Å². The lowest BCUT2D eigenvalue weighted by molar-refractivity contribution is 0.00578. The number of nitrogens with zero attached hydrogens (tertiary/aromatic N) is 1. The summed E-state index contributed by atoms with van der Waals surface area (Å²) < 4.78 is 17.2. The smallest absolute Gasteiger partial charge is 0.443 e. The van der Waals surface area contributed by atoms with Gasteiger partial charge in [0, 0.05) is 0 Å². The van der Waals surface area contributed by atoms with Crippen LogP contribution < -0.4 is 0 Å². The number of benzene rings is 1. The monoisotopic (exact) mass is 301 g/mol. The fourth-order valence-corrected chi connectivity index (χ4v) is 2.36. The summed E-state index contributed by atoms with van der Waals surface area (Å²) in [6, 6.07) is 5.67. The van der Waals surface area contributed by atoms with Crippen molar-refractivity contribution in [3.8, 4) is 0 Å². The van der Waals surface area contributed by atoms with Gasteiger partial charge in [-0.2, -0.15) is 0 Å². The van der Waals surface area contributed by atoms with Gasteiger partial charge in [-0.3, -0.25) is 0 Å². The molecule has 0 bridgehead atoms. The van der Waals surface area contributed by atoms with Crippen molar-refractivity contribution in [2.24, 2.45) is 0 Å². The maximum Gasteiger partial charge on any atom is 0.492 e. The first kappa shape index (κ1) is 15.3. The Morgan fingerprint density at radius 1 is 1.23 bits per heavy atom. The summed E-state index contributed by atoms with van der Waals surface area (Å²) >= 11 is 0. The van der Waals surface area contributed by atoms with Crippen LogP contribution in [0.1, 0.15) is 33.3 Å². The third kappa shape index (κ3) is 2.58. The van der Waals surface area contributed by atoms with Crippen LogP contribution in [0.2, 0.25) is 0 Å². The number of aliphatic hydroxyl groups excluding tert-OH is 1. The first-order valence-electron chi connectivity index (χ1n) is 7.33. The standard InChI is InChI=1S/C16H20BNO4/c1-15(2)16(3,4)22-17(21-15)12(9-19)7-11-5-6-14-13(8-11)18-10-20-14/h5-8,10,19H,9H2,1-4H3. The van der Waals surface area contributed by atoms with Crippen molar-refractivity contribution in [3.05, 3.63) is 35.6 Å². The summed E-state index contributed by atoms with van der Waals surface area (Å²) in [6.45, 7) is 7.83. The van der Waals surface area contributed by atoms with Crippen LogP contribution in [-0.2, 0) is 9.31 Å². The summed E-state index contributed by atoms with van der Waals surface area (Å²) in [5.74, 6) is 0. The van der Waals surface area contributed by atoms with Gasteiger partial charge in [0.15, 0.2) is 12.0 Å². The molecule has 0 atom stereocenters. The van der Waals surface area contributed by atoms with Gasteiger partial charge in [0.1, 0.15) is 5.52 Å². The molecule has 0 unspecified atom stereocenters. The summed E-state index contributed by atoms with van der Waals surface area (Å²) in [5.41, 5.74) is 2.25. The number of hydrogen-bond acceptors (Lipinski definition) is 5. The van der Waals surface area contributed by atoms with E-state index in [1.54, 1.807) is 0 Å². The molecule has 1 saturated heterocycles. The van der Waals surface area contributed by atoms with Crippen molar-refractivity contribution >= 4 is 24.3 Å². The van der Waals surface area contributed by atoms with Crippen LogP contribution in [0.5, 0.6) is 0 Å². The highest BCUT2D eigenvalue weighted by molar-refractivity contribution is 6.55. The molecule has 0 radical (unpaired) electrons. The molecule has 3 rings (SSSR count). The average molecular weight is 301 g/mol. The molecule has 2 heterocycles. The van der Waals surface area contributed by atoms with Crippen molar-refractivity contribution in [3.63, 3.8) is 0 Å². The Hall–Kier alpha value is -1.63. The van der Waals surface area contributed by atoms with Gasteiger partial charge in [-0.15, -0.1) is 0 Å². The zero-order valence-corrected chi connectivity index (χ0v) is 13.3. The Kier molecular flexibility index (Phi) is 3.63. The van der Waals surface area contributed by atoms with Crippen LogP contribution >= 0.6 is 0 Å². The summed E-state index contributed by atoms with van der Waals surface area (Å²) in [5, 5.41) is 9.70. The molecule has 22 heavy (non-hydrogen) atoms. The quantitative estimate of drug-likeness (QED) is 0.883. The van der Waals surface area contributed by atoms with Gasteiger partial charge in [0.25, 0.3) is 0 Å². The van der Waals surface area contributed by atoms with Crippen LogP contribution in [0.15, 0.2) is 34.5 Å². The maximum atomic E-state index is 9.70. The molecule has 1 aromatic carbocycles. The van der Waals surface area contributed by atoms with E-state index in [4.69, 9.17) is 13.7 Å². The fraction of sp³-hybridized carbons (Fsp3) is 0.438. The van der Waals surface area contributed by atoms with Crippen LogP contribution in [-0.4, -0.2) is 35.0 Å². The Labute approximate surface area is 130 Å². The van der Waals surface area contributed by atoms with Gasteiger partial charge in [0.2, 0.25) is 0 Å². The van der Waals surface area contributed by atoms with E-state index in [1.165, 1.54) is 6.39 Å². The van der Waals surface area contributed by atoms with E-state index in [9.17, 15) is 5.11 Å². The second-order valence-electron chi connectivity index (χ2n) is 6.55. The van der Waals surface area contributed by atoms with Crippen molar-refractivity contribution in [2.75, 3.05) is 6.61 Å². The lowest BCUT2D eigenvalue weighted by atomic mass is 9.77. The average Bonchev–Trinajstić information content (AvgIpc) is 2.98. The summed E-state index contributed by atoms with van der Waals surface area (Å²) in [7, 11) is -0.553. The molecule has 1 aliphatic rings. The fourth-order valence-electron chi connectivity index (χ4n) is 2.36. The second kappa shape index (κ2) is 5.23. The molecular formula is C16H20BNO4. The number of aliphatic hydroxyl groups is 1. The number of fused-ring (bicyclic) bond motifs is 1. The molecule has 1 fully saturated rings. The molecule has 6 heteroatoms. The topological polar surface area (TPSA) is 64.7 Å². The number of oxazole rings is 1. The molecule has 2 aromatic rings. The molecule has 5 nitrogen and oxygen atoms in total. The first-order valence-corrected chi connectivity index (χ1v) is 7.33. The summed E-state index contributed by atoms with van der Waals surface area (Å²) in [4.78, 5) is 4.14. The van der Waals surface area contributed by atoms with Crippen molar-refractivity contribution < 1.29 is 18.8 Å². The van der Waals surface area contributed by atoms with Crippen LogP contribution in [0.25, 0.3) is 17.2 Å². The SMILES string of the molecule is CC1(C)OB(C(=Cc2ccc3ocnc3c2)CO)OC1(C)C. The van der Waals surface area contributed by atoms with E-state index in [-0.39, 0.29) is 6.61 Å². The highest BCUT2D eigenvalue weighted by Gasteiger charge is 2.52. The minimum atomic E-state index is -0.553. The zero-order chi connectivity index (χ0) is 16.0. The predicted molar refractivity (Wildman–Crippen MR) is 85.2 cm³/mol. The number of rotatable bonds is 3. The highest BCUT2D eigenvalue weighted by Crippen LogP contribution is 2.38. The van der Waals surface area contributed by atoms with Gasteiger partial charge in [-0.25, -0.2) is 4.98 Å².